The molecule has 0 bridgehead atoms. The molecule has 0 saturated heterocycles. The molecule has 2 aromatic rings. The Hall–Kier alpha value is -3.37. The molecule has 0 spiro atoms. The summed E-state index contributed by atoms with van der Waals surface area (Å²) in [6.45, 7) is -6.93. The van der Waals surface area contributed by atoms with E-state index in [0.717, 1.165) is 30.5 Å². The maximum Gasteiger partial charge on any atom is 0.387 e. The Balaban J connectivity index is 1.98. The van der Waals surface area contributed by atoms with E-state index in [-0.39, 0.29) is 11.3 Å². The summed E-state index contributed by atoms with van der Waals surface area (Å²) in [5.74, 6) is -2.44. The molecule has 11 heteroatoms. The van der Waals surface area contributed by atoms with Crippen molar-refractivity contribution in [2.24, 2.45) is 5.10 Å². The predicted molar refractivity (Wildman–Crippen MR) is 87.3 cm³/mol. The number of benzene rings is 2. The second-order valence-electron chi connectivity index (χ2n) is 4.97. The van der Waals surface area contributed by atoms with E-state index < -0.39 is 43.1 Å². The van der Waals surface area contributed by atoms with Crippen LogP contribution in [0.3, 0.4) is 0 Å². The number of rotatable bonds is 9. The Labute approximate surface area is 155 Å². The van der Waals surface area contributed by atoms with E-state index in [9.17, 15) is 26.7 Å². The number of hydrazone groups is 1. The van der Waals surface area contributed by atoms with Crippen LogP contribution in [0.5, 0.6) is 17.2 Å². The fourth-order valence-electron chi connectivity index (χ4n) is 1.91. The van der Waals surface area contributed by atoms with Crippen molar-refractivity contribution in [3.05, 3.63) is 53.8 Å². The van der Waals surface area contributed by atoms with Crippen molar-refractivity contribution in [3.63, 3.8) is 0 Å². The van der Waals surface area contributed by atoms with Crippen molar-refractivity contribution in [2.45, 2.75) is 13.2 Å². The molecule has 1 N–H and O–H groups in total. The summed E-state index contributed by atoms with van der Waals surface area (Å²) in [5.41, 5.74) is 1.99. The fraction of sp³-hybridized carbons (Fsp3) is 0.176. The normalized spacial score (nSPS) is 11.1. The zero-order valence-electron chi connectivity index (χ0n) is 14.0. The number of para-hydroxylation sites is 1. The Morgan fingerprint density at radius 1 is 1.04 bits per heavy atom. The van der Waals surface area contributed by atoms with E-state index >= 15 is 0 Å². The number of ether oxygens (including phenoxy) is 3. The van der Waals surface area contributed by atoms with E-state index in [1.165, 1.54) is 18.2 Å². The van der Waals surface area contributed by atoms with Gasteiger partial charge in [-0.2, -0.15) is 22.7 Å². The molecule has 0 atom stereocenters. The molecule has 0 unspecified atom stereocenters. The van der Waals surface area contributed by atoms with E-state index in [2.05, 4.69) is 14.6 Å². The fourth-order valence-corrected chi connectivity index (χ4v) is 1.91. The third-order valence-corrected chi connectivity index (χ3v) is 3.01. The average molecular weight is 404 g/mol. The molecule has 6 nitrogen and oxygen atoms in total. The maximum atomic E-state index is 13.4. The lowest BCUT2D eigenvalue weighted by atomic mass is 10.2. The van der Waals surface area contributed by atoms with E-state index in [0.29, 0.717) is 0 Å². The van der Waals surface area contributed by atoms with Crippen LogP contribution in [-0.4, -0.2) is 32.0 Å². The van der Waals surface area contributed by atoms with Gasteiger partial charge in [0.1, 0.15) is 11.5 Å². The van der Waals surface area contributed by atoms with Crippen molar-refractivity contribution in [1.29, 1.82) is 0 Å². The molecular formula is C17H13F5N2O4. The molecule has 0 heterocycles. The number of nitrogens with one attached hydrogen (secondary N) is 1. The molecule has 0 aromatic heterocycles. The average Bonchev–Trinajstić information content (AvgIpc) is 2.62. The third-order valence-electron chi connectivity index (χ3n) is 3.01. The second kappa shape index (κ2) is 10.1. The minimum absolute atomic E-state index is 0.0442. The molecule has 0 saturated carbocycles. The molecule has 28 heavy (non-hydrogen) atoms. The van der Waals surface area contributed by atoms with E-state index in [4.69, 9.17) is 4.74 Å². The van der Waals surface area contributed by atoms with Crippen molar-refractivity contribution < 1.29 is 41.0 Å². The standard InChI is InChI=1S/C17H13F5N2O4/c18-12-3-1-2-4-13(12)26-9-15(25)24-23-8-10-5-6-11(27-16(19)20)7-14(10)28-17(21)22/h1-8,16-17H,9H2,(H,24,25)/b23-8-. The highest BCUT2D eigenvalue weighted by Gasteiger charge is 2.13. The molecule has 0 radical (unpaired) electrons. The summed E-state index contributed by atoms with van der Waals surface area (Å²) in [6, 6.07) is 8.46. The van der Waals surface area contributed by atoms with Crippen molar-refractivity contribution in [1.82, 2.24) is 5.43 Å². The van der Waals surface area contributed by atoms with Crippen molar-refractivity contribution >= 4 is 12.1 Å². The van der Waals surface area contributed by atoms with Crippen LogP contribution in [0.15, 0.2) is 47.6 Å². The van der Waals surface area contributed by atoms with Gasteiger partial charge in [0, 0.05) is 11.6 Å². The minimum atomic E-state index is -3.22. The Kier molecular flexibility index (Phi) is 7.55. The molecule has 0 aliphatic heterocycles. The maximum absolute atomic E-state index is 13.4. The quantitative estimate of drug-likeness (QED) is 0.394. The van der Waals surface area contributed by atoms with Gasteiger partial charge in [-0.3, -0.25) is 4.79 Å². The van der Waals surface area contributed by atoms with Gasteiger partial charge >= 0.3 is 13.2 Å². The summed E-state index contributed by atoms with van der Waals surface area (Å²) in [5, 5.41) is 3.52. The second-order valence-corrected chi connectivity index (χ2v) is 4.97. The number of halogens is 5. The lowest BCUT2D eigenvalue weighted by Crippen LogP contribution is -2.24. The highest BCUT2D eigenvalue weighted by molar-refractivity contribution is 5.85. The molecular weight excluding hydrogens is 391 g/mol. The molecule has 0 aliphatic rings. The molecule has 1 amide bonds. The molecule has 150 valence electrons. The number of nitrogens with zero attached hydrogens (tertiary/aromatic N) is 1. The molecule has 2 rings (SSSR count). The number of hydrogen-bond acceptors (Lipinski definition) is 5. The van der Waals surface area contributed by atoms with Gasteiger partial charge in [0.2, 0.25) is 0 Å². The van der Waals surface area contributed by atoms with Crippen molar-refractivity contribution in [3.8, 4) is 17.2 Å². The first kappa shape index (κ1) is 20.9. The molecule has 2 aromatic carbocycles. The Morgan fingerprint density at radius 2 is 1.75 bits per heavy atom. The summed E-state index contributed by atoms with van der Waals surface area (Å²) in [6.07, 6.45) is 0.949. The van der Waals surface area contributed by atoms with Gasteiger partial charge in [0.05, 0.1) is 6.21 Å². The van der Waals surface area contributed by atoms with Crippen LogP contribution in [0.1, 0.15) is 5.56 Å². The third kappa shape index (κ3) is 6.74. The number of amides is 1. The Morgan fingerprint density at radius 3 is 2.43 bits per heavy atom. The number of carbonyl (C=O) groups is 1. The zero-order valence-corrected chi connectivity index (χ0v) is 14.0. The van der Waals surface area contributed by atoms with Gasteiger partial charge in [-0.05, 0) is 24.3 Å². The summed E-state index contributed by atoms with van der Waals surface area (Å²) in [7, 11) is 0. The summed E-state index contributed by atoms with van der Waals surface area (Å²) < 4.78 is 76.0. The van der Waals surface area contributed by atoms with Crippen LogP contribution in [-0.2, 0) is 4.79 Å². The molecule has 0 aliphatic carbocycles. The van der Waals surface area contributed by atoms with Crippen LogP contribution >= 0.6 is 0 Å². The highest BCUT2D eigenvalue weighted by Crippen LogP contribution is 2.26. The van der Waals surface area contributed by atoms with Gasteiger partial charge in [-0.25, -0.2) is 9.82 Å². The molecule has 0 fully saturated rings. The van der Waals surface area contributed by atoms with Crippen LogP contribution in [0, 0.1) is 5.82 Å². The van der Waals surface area contributed by atoms with Gasteiger partial charge in [-0.1, -0.05) is 12.1 Å². The summed E-state index contributed by atoms with van der Waals surface area (Å²) >= 11 is 0. The largest absolute Gasteiger partial charge is 0.481 e. The lowest BCUT2D eigenvalue weighted by molar-refractivity contribution is -0.123. The predicted octanol–water partition coefficient (Wildman–Crippen LogP) is 3.56. The Bertz CT molecular complexity index is 833. The van der Waals surface area contributed by atoms with E-state index in [1.807, 2.05) is 5.43 Å². The lowest BCUT2D eigenvalue weighted by Gasteiger charge is -2.10. The van der Waals surface area contributed by atoms with Crippen LogP contribution in [0.4, 0.5) is 22.0 Å². The monoisotopic (exact) mass is 404 g/mol. The van der Waals surface area contributed by atoms with Crippen molar-refractivity contribution in [2.75, 3.05) is 6.61 Å². The number of alkyl halides is 4. The smallest absolute Gasteiger partial charge is 0.387 e. The number of carbonyl (C=O) groups excluding carboxylic acids is 1. The first-order valence-corrected chi connectivity index (χ1v) is 7.58. The first-order chi connectivity index (χ1) is 13.3. The summed E-state index contributed by atoms with van der Waals surface area (Å²) in [4.78, 5) is 11.6. The van der Waals surface area contributed by atoms with Crippen LogP contribution in [0.25, 0.3) is 0 Å². The van der Waals surface area contributed by atoms with Gasteiger partial charge in [0.15, 0.2) is 18.2 Å². The SMILES string of the molecule is O=C(COc1ccccc1F)N/N=C\c1ccc(OC(F)F)cc1OC(F)F. The highest BCUT2D eigenvalue weighted by atomic mass is 19.3. The van der Waals surface area contributed by atoms with Gasteiger partial charge in [-0.15, -0.1) is 0 Å². The first-order valence-electron chi connectivity index (χ1n) is 7.58. The zero-order chi connectivity index (χ0) is 20.5. The van der Waals surface area contributed by atoms with Crippen LogP contribution in [0.2, 0.25) is 0 Å². The number of hydrogen-bond donors (Lipinski definition) is 1. The van der Waals surface area contributed by atoms with E-state index in [1.54, 1.807) is 0 Å². The van der Waals surface area contributed by atoms with Gasteiger partial charge in [0.25, 0.3) is 5.91 Å². The minimum Gasteiger partial charge on any atom is -0.481 e. The topological polar surface area (TPSA) is 69.2 Å². The van der Waals surface area contributed by atoms with Crippen LogP contribution < -0.4 is 19.6 Å². The van der Waals surface area contributed by atoms with Gasteiger partial charge < -0.3 is 14.2 Å².